The lowest BCUT2D eigenvalue weighted by atomic mass is 10.0. The zero-order chi connectivity index (χ0) is 14.4. The van der Waals surface area contributed by atoms with Crippen molar-refractivity contribution >= 4 is 5.97 Å². The van der Waals surface area contributed by atoms with Gasteiger partial charge in [-0.1, -0.05) is 31.2 Å². The van der Waals surface area contributed by atoms with Crippen molar-refractivity contribution < 1.29 is 14.4 Å². The Kier molecular flexibility index (Phi) is 5.60. The Hall–Kier alpha value is -1.35. The second kappa shape index (κ2) is 7.44. The van der Waals surface area contributed by atoms with E-state index in [1.165, 1.54) is 22.4 Å². The van der Waals surface area contributed by atoms with E-state index in [1.807, 2.05) is 6.92 Å². The first-order valence-electron chi connectivity index (χ1n) is 7.83. The van der Waals surface area contributed by atoms with E-state index in [9.17, 15) is 4.79 Å². The summed E-state index contributed by atoms with van der Waals surface area (Å²) in [6.45, 7) is 6.52. The third-order valence-corrected chi connectivity index (χ3v) is 4.17. The van der Waals surface area contributed by atoms with Crippen molar-refractivity contribution in [3.05, 3.63) is 35.4 Å². The van der Waals surface area contributed by atoms with Gasteiger partial charge in [0.05, 0.1) is 13.2 Å². The van der Waals surface area contributed by atoms with Gasteiger partial charge in [-0.05, 0) is 31.7 Å². The Bertz CT molecular complexity index is 427. The minimum atomic E-state index is -0.0209. The first-order chi connectivity index (χ1) is 9.74. The molecule has 1 N–H and O–H groups in total. The lowest BCUT2D eigenvalue weighted by Gasteiger charge is -2.31. The van der Waals surface area contributed by atoms with Gasteiger partial charge in [0.15, 0.2) is 6.04 Å². The zero-order valence-electron chi connectivity index (χ0n) is 12.7. The number of esters is 1. The van der Waals surface area contributed by atoms with Gasteiger partial charge in [0.25, 0.3) is 0 Å². The number of carbonyl (C=O) groups excluding carboxylic acids is 1. The highest BCUT2D eigenvalue weighted by Gasteiger charge is 2.33. The van der Waals surface area contributed by atoms with Crippen LogP contribution in [0.1, 0.15) is 44.2 Å². The molecule has 20 heavy (non-hydrogen) atoms. The molecule has 1 aliphatic heterocycles. The molecule has 0 bridgehead atoms. The molecule has 0 radical (unpaired) electrons. The van der Waals surface area contributed by atoms with E-state index in [0.29, 0.717) is 6.61 Å². The fourth-order valence-corrected chi connectivity index (χ4v) is 2.97. The second-order valence-corrected chi connectivity index (χ2v) is 5.56. The predicted molar refractivity (Wildman–Crippen MR) is 79.6 cm³/mol. The molecule has 1 heterocycles. The smallest absolute Gasteiger partial charge is 0.364 e. The largest absolute Gasteiger partial charge is 0.462 e. The van der Waals surface area contributed by atoms with E-state index in [2.05, 4.69) is 31.2 Å². The van der Waals surface area contributed by atoms with Crippen molar-refractivity contribution in [2.45, 2.75) is 52.1 Å². The molecule has 1 unspecified atom stereocenters. The van der Waals surface area contributed by atoms with Crippen LogP contribution in [0.3, 0.4) is 0 Å². The maximum absolute atomic E-state index is 12.1. The van der Waals surface area contributed by atoms with Crippen molar-refractivity contribution in [2.75, 3.05) is 13.2 Å². The second-order valence-electron chi connectivity index (χ2n) is 5.56. The molecule has 0 aromatic heterocycles. The number of quaternary nitrogens is 1. The molecule has 1 aliphatic rings. The molecule has 0 spiro atoms. The lowest BCUT2D eigenvalue weighted by Crippen LogP contribution is -3.16. The van der Waals surface area contributed by atoms with E-state index in [1.54, 1.807) is 0 Å². The third kappa shape index (κ3) is 3.83. The number of carbonyl (C=O) groups is 1. The monoisotopic (exact) mass is 276 g/mol. The molecule has 0 amide bonds. The molecule has 1 aromatic rings. The highest BCUT2D eigenvalue weighted by Crippen LogP contribution is 2.08. The van der Waals surface area contributed by atoms with E-state index in [-0.39, 0.29) is 12.0 Å². The Balaban J connectivity index is 2.02. The van der Waals surface area contributed by atoms with Crippen molar-refractivity contribution in [2.24, 2.45) is 0 Å². The van der Waals surface area contributed by atoms with Crippen LogP contribution in [-0.4, -0.2) is 25.2 Å². The average Bonchev–Trinajstić information content (AvgIpc) is 2.49. The van der Waals surface area contributed by atoms with Gasteiger partial charge in [0.1, 0.15) is 6.54 Å². The van der Waals surface area contributed by atoms with Crippen molar-refractivity contribution in [3.8, 4) is 0 Å². The van der Waals surface area contributed by atoms with Gasteiger partial charge in [0.2, 0.25) is 0 Å². The molecule has 3 heteroatoms. The molecular weight excluding hydrogens is 250 g/mol. The standard InChI is InChI=1S/C17H25NO2/c1-3-14-8-10-15(11-9-14)13-18-12-6-5-7-16(18)17(19)20-4-2/h8-11,16H,3-7,12-13H2,1-2H3/p+1/t16-/m0/s1. The highest BCUT2D eigenvalue weighted by molar-refractivity contribution is 5.74. The Morgan fingerprint density at radius 2 is 1.90 bits per heavy atom. The number of hydrogen-bond donors (Lipinski definition) is 1. The normalized spacial score (nSPS) is 22.5. The first-order valence-corrected chi connectivity index (χ1v) is 7.83. The van der Waals surface area contributed by atoms with Crippen LogP contribution in [0.4, 0.5) is 0 Å². The predicted octanol–water partition coefficient (Wildman–Crippen LogP) is 1.75. The van der Waals surface area contributed by atoms with E-state index >= 15 is 0 Å². The number of piperidine rings is 1. The van der Waals surface area contributed by atoms with E-state index < -0.39 is 0 Å². The number of likely N-dealkylation sites (tertiary alicyclic amines) is 1. The maximum atomic E-state index is 12.1. The fourth-order valence-electron chi connectivity index (χ4n) is 2.97. The maximum Gasteiger partial charge on any atom is 0.364 e. The van der Waals surface area contributed by atoms with Crippen LogP contribution < -0.4 is 4.90 Å². The summed E-state index contributed by atoms with van der Waals surface area (Å²) in [5.41, 5.74) is 2.68. The summed E-state index contributed by atoms with van der Waals surface area (Å²) < 4.78 is 5.23. The summed E-state index contributed by atoms with van der Waals surface area (Å²) in [5, 5.41) is 0. The van der Waals surface area contributed by atoms with Gasteiger partial charge < -0.3 is 9.64 Å². The molecular formula is C17H26NO2+. The highest BCUT2D eigenvalue weighted by atomic mass is 16.5. The van der Waals surface area contributed by atoms with Gasteiger partial charge in [0, 0.05) is 12.0 Å². The summed E-state index contributed by atoms with van der Waals surface area (Å²) in [7, 11) is 0. The van der Waals surface area contributed by atoms with Crippen LogP contribution in [0.5, 0.6) is 0 Å². The Morgan fingerprint density at radius 1 is 1.20 bits per heavy atom. The van der Waals surface area contributed by atoms with Crippen molar-refractivity contribution in [1.82, 2.24) is 0 Å². The number of benzene rings is 1. The number of hydrogen-bond acceptors (Lipinski definition) is 2. The van der Waals surface area contributed by atoms with Gasteiger partial charge in [-0.3, -0.25) is 0 Å². The molecule has 2 rings (SSSR count). The van der Waals surface area contributed by atoms with Crippen LogP contribution >= 0.6 is 0 Å². The number of nitrogens with one attached hydrogen (secondary N) is 1. The molecule has 1 fully saturated rings. The molecule has 1 saturated heterocycles. The Labute approximate surface area is 121 Å². The molecule has 1 aromatic carbocycles. The summed E-state index contributed by atoms with van der Waals surface area (Å²) in [6, 6.07) is 8.80. The molecule has 110 valence electrons. The lowest BCUT2D eigenvalue weighted by molar-refractivity contribution is -0.935. The molecule has 0 saturated carbocycles. The van der Waals surface area contributed by atoms with Crippen molar-refractivity contribution in [3.63, 3.8) is 0 Å². The van der Waals surface area contributed by atoms with Crippen LogP contribution in [0.25, 0.3) is 0 Å². The van der Waals surface area contributed by atoms with Crippen molar-refractivity contribution in [1.29, 1.82) is 0 Å². The van der Waals surface area contributed by atoms with Crippen LogP contribution in [-0.2, 0) is 22.5 Å². The van der Waals surface area contributed by atoms with E-state index in [4.69, 9.17) is 4.74 Å². The van der Waals surface area contributed by atoms with Gasteiger partial charge in [-0.25, -0.2) is 4.79 Å². The summed E-state index contributed by atoms with van der Waals surface area (Å²) >= 11 is 0. The van der Waals surface area contributed by atoms with Gasteiger partial charge in [-0.2, -0.15) is 0 Å². The van der Waals surface area contributed by atoms with Gasteiger partial charge in [-0.15, -0.1) is 0 Å². The molecule has 2 atom stereocenters. The summed E-state index contributed by atoms with van der Waals surface area (Å²) in [4.78, 5) is 13.4. The van der Waals surface area contributed by atoms with Crippen LogP contribution in [0.2, 0.25) is 0 Å². The SMILES string of the molecule is CCOC(=O)[C@@H]1CCCC[NH+]1Cc1ccc(CC)cc1. The summed E-state index contributed by atoms with van der Waals surface area (Å²) in [6.07, 6.45) is 4.38. The fraction of sp³-hybridized carbons (Fsp3) is 0.588. The molecule has 0 aliphatic carbocycles. The summed E-state index contributed by atoms with van der Waals surface area (Å²) in [5.74, 6) is -0.0209. The van der Waals surface area contributed by atoms with Gasteiger partial charge >= 0.3 is 5.97 Å². The topological polar surface area (TPSA) is 30.7 Å². The quantitative estimate of drug-likeness (QED) is 0.831. The first kappa shape index (κ1) is 15.0. The number of rotatable bonds is 5. The molecule has 3 nitrogen and oxygen atoms in total. The van der Waals surface area contributed by atoms with Crippen LogP contribution in [0.15, 0.2) is 24.3 Å². The van der Waals surface area contributed by atoms with E-state index in [0.717, 1.165) is 32.4 Å². The van der Waals surface area contributed by atoms with Crippen LogP contribution in [0, 0.1) is 0 Å². The number of ether oxygens (including phenoxy) is 1. The minimum absolute atomic E-state index is 0.0209. The number of aryl methyl sites for hydroxylation is 1. The Morgan fingerprint density at radius 3 is 2.55 bits per heavy atom. The zero-order valence-corrected chi connectivity index (χ0v) is 12.7. The third-order valence-electron chi connectivity index (χ3n) is 4.17. The minimum Gasteiger partial charge on any atom is -0.462 e. The average molecular weight is 276 g/mol.